The molecule has 3 heterocycles. The van der Waals surface area contributed by atoms with E-state index in [4.69, 9.17) is 4.99 Å². The molecule has 5 nitrogen and oxygen atoms in total. The standard InChI is InChI=1S/C19H19F3N4O/c1-18(13-6-8-23-9-7-13)24-11-17-16(26-18)10-15(25-17)12-2-4-14(5-3-12)27-19(20,21)22/h2-5,10-11,13,23H,6-9H2,1H3. The monoisotopic (exact) mass is 376 g/mol. The third-order valence-corrected chi connectivity index (χ3v) is 5.07. The molecule has 0 aromatic heterocycles. The summed E-state index contributed by atoms with van der Waals surface area (Å²) in [4.78, 5) is 14.0. The molecular formula is C19H19F3N4O. The molecule has 1 unspecified atom stereocenters. The summed E-state index contributed by atoms with van der Waals surface area (Å²) in [6.45, 7) is 3.97. The molecule has 3 aliphatic heterocycles. The van der Waals surface area contributed by atoms with Crippen LogP contribution in [0.25, 0.3) is 5.70 Å². The van der Waals surface area contributed by atoms with Crippen molar-refractivity contribution in [3.05, 3.63) is 35.9 Å². The van der Waals surface area contributed by atoms with Gasteiger partial charge in [-0.25, -0.2) is 4.99 Å². The number of benzene rings is 1. The highest BCUT2D eigenvalue weighted by atomic mass is 19.4. The molecular weight excluding hydrogens is 357 g/mol. The van der Waals surface area contributed by atoms with E-state index in [1.807, 2.05) is 13.0 Å². The van der Waals surface area contributed by atoms with Crippen molar-refractivity contribution in [2.75, 3.05) is 13.1 Å². The minimum Gasteiger partial charge on any atom is -0.406 e. The number of piperidine rings is 1. The molecule has 27 heavy (non-hydrogen) atoms. The molecule has 0 radical (unpaired) electrons. The molecule has 0 spiro atoms. The second-order valence-electron chi connectivity index (χ2n) is 6.97. The van der Waals surface area contributed by atoms with E-state index < -0.39 is 12.0 Å². The van der Waals surface area contributed by atoms with E-state index >= 15 is 0 Å². The van der Waals surface area contributed by atoms with Gasteiger partial charge in [0.15, 0.2) is 5.66 Å². The number of fused-ring (bicyclic) bond motifs is 1. The number of hydrogen-bond acceptors (Lipinski definition) is 5. The lowest BCUT2D eigenvalue weighted by atomic mass is 9.85. The van der Waals surface area contributed by atoms with Crippen LogP contribution in [0, 0.1) is 5.92 Å². The van der Waals surface area contributed by atoms with Crippen molar-refractivity contribution >= 4 is 23.3 Å². The van der Waals surface area contributed by atoms with Crippen molar-refractivity contribution < 1.29 is 17.9 Å². The van der Waals surface area contributed by atoms with Crippen molar-refractivity contribution in [3.63, 3.8) is 0 Å². The van der Waals surface area contributed by atoms with Crippen molar-refractivity contribution in [2.45, 2.75) is 31.8 Å². The van der Waals surface area contributed by atoms with Crippen LogP contribution in [0.5, 0.6) is 5.75 Å². The average Bonchev–Trinajstić information content (AvgIpc) is 3.04. The number of ether oxygens (including phenoxy) is 1. The smallest absolute Gasteiger partial charge is 0.406 e. The first kappa shape index (κ1) is 17.9. The highest BCUT2D eigenvalue weighted by Gasteiger charge is 2.37. The molecule has 0 amide bonds. The molecule has 0 aliphatic carbocycles. The maximum Gasteiger partial charge on any atom is 0.573 e. The lowest BCUT2D eigenvalue weighted by molar-refractivity contribution is -0.274. The molecule has 1 N–H and O–H groups in total. The number of nitrogens with one attached hydrogen (secondary N) is 1. The fourth-order valence-corrected chi connectivity index (χ4v) is 3.61. The van der Waals surface area contributed by atoms with Gasteiger partial charge in [0.25, 0.3) is 0 Å². The molecule has 1 fully saturated rings. The maximum absolute atomic E-state index is 12.3. The van der Waals surface area contributed by atoms with E-state index in [-0.39, 0.29) is 5.75 Å². The van der Waals surface area contributed by atoms with Gasteiger partial charge in [-0.3, -0.25) is 9.98 Å². The summed E-state index contributed by atoms with van der Waals surface area (Å²) in [5.74, 6) is 0.118. The predicted octanol–water partition coefficient (Wildman–Crippen LogP) is 3.62. The summed E-state index contributed by atoms with van der Waals surface area (Å²) in [6, 6.07) is 5.66. The lowest BCUT2D eigenvalue weighted by Gasteiger charge is -2.35. The van der Waals surface area contributed by atoms with Crippen LogP contribution in [-0.2, 0) is 0 Å². The van der Waals surface area contributed by atoms with Crippen molar-refractivity contribution in [1.29, 1.82) is 0 Å². The zero-order chi connectivity index (χ0) is 19.1. The first-order valence-corrected chi connectivity index (χ1v) is 8.85. The van der Waals surface area contributed by atoms with Gasteiger partial charge in [-0.1, -0.05) is 0 Å². The second kappa shape index (κ2) is 6.60. The summed E-state index contributed by atoms with van der Waals surface area (Å²) in [7, 11) is 0. The molecule has 1 aromatic rings. The van der Waals surface area contributed by atoms with Crippen LogP contribution in [0.4, 0.5) is 13.2 Å². The molecule has 0 bridgehead atoms. The zero-order valence-electron chi connectivity index (χ0n) is 14.8. The SMILES string of the molecule is CC1(C2CCNCC2)N=CC2=NC(c3ccc(OC(F)(F)F)cc3)=CC2=N1. The molecule has 3 aliphatic rings. The highest BCUT2D eigenvalue weighted by Crippen LogP contribution is 2.34. The van der Waals surface area contributed by atoms with Crippen molar-refractivity contribution in [3.8, 4) is 5.75 Å². The Morgan fingerprint density at radius 2 is 1.81 bits per heavy atom. The summed E-state index contributed by atoms with van der Waals surface area (Å²) >= 11 is 0. The van der Waals surface area contributed by atoms with Gasteiger partial charge >= 0.3 is 6.36 Å². The number of aliphatic imine (C=N–C) groups is 3. The average molecular weight is 376 g/mol. The number of nitrogens with zero attached hydrogens (tertiary/aromatic N) is 3. The van der Waals surface area contributed by atoms with Gasteiger partial charge in [0.1, 0.15) is 11.5 Å². The third kappa shape index (κ3) is 3.80. The van der Waals surface area contributed by atoms with E-state index in [0.717, 1.165) is 31.6 Å². The Balaban J connectivity index is 1.55. The van der Waals surface area contributed by atoms with Gasteiger partial charge in [-0.15, -0.1) is 13.2 Å². The molecule has 1 saturated heterocycles. The predicted molar refractivity (Wildman–Crippen MR) is 98.5 cm³/mol. The fourth-order valence-electron chi connectivity index (χ4n) is 3.61. The van der Waals surface area contributed by atoms with E-state index in [9.17, 15) is 13.2 Å². The van der Waals surface area contributed by atoms with Crippen molar-refractivity contribution in [2.24, 2.45) is 20.9 Å². The minimum absolute atomic E-state index is 0.257. The Kier molecular flexibility index (Phi) is 4.38. The third-order valence-electron chi connectivity index (χ3n) is 5.07. The number of hydrogen-bond donors (Lipinski definition) is 1. The van der Waals surface area contributed by atoms with Gasteiger partial charge in [0.05, 0.1) is 17.6 Å². The van der Waals surface area contributed by atoms with Crippen LogP contribution < -0.4 is 10.1 Å². The molecule has 1 aromatic carbocycles. The van der Waals surface area contributed by atoms with E-state index in [0.29, 0.717) is 22.9 Å². The second-order valence-corrected chi connectivity index (χ2v) is 6.97. The van der Waals surface area contributed by atoms with Crippen LogP contribution in [0.3, 0.4) is 0 Å². The summed E-state index contributed by atoms with van der Waals surface area (Å²) in [6.07, 6.45) is 0.963. The number of alkyl halides is 3. The number of halogens is 3. The van der Waals surface area contributed by atoms with Crippen LogP contribution in [0.2, 0.25) is 0 Å². The summed E-state index contributed by atoms with van der Waals surface area (Å²) in [5, 5.41) is 3.35. The Morgan fingerprint density at radius 3 is 2.48 bits per heavy atom. The first-order chi connectivity index (χ1) is 12.8. The van der Waals surface area contributed by atoms with E-state index in [1.165, 1.54) is 12.1 Å². The Bertz CT molecular complexity index is 849. The molecule has 8 heteroatoms. The van der Waals surface area contributed by atoms with Crippen LogP contribution in [0.1, 0.15) is 25.3 Å². The first-order valence-electron chi connectivity index (χ1n) is 8.85. The quantitative estimate of drug-likeness (QED) is 0.876. The van der Waals surface area contributed by atoms with Crippen molar-refractivity contribution in [1.82, 2.24) is 5.32 Å². The van der Waals surface area contributed by atoms with Gasteiger partial charge < -0.3 is 10.1 Å². The Hall–Kier alpha value is -2.48. The summed E-state index contributed by atoms with van der Waals surface area (Å²) < 4.78 is 40.7. The fraction of sp³-hybridized carbons (Fsp3) is 0.421. The molecule has 1 atom stereocenters. The summed E-state index contributed by atoms with van der Waals surface area (Å²) in [5.41, 5.74) is 2.32. The van der Waals surface area contributed by atoms with Gasteiger partial charge in [0.2, 0.25) is 0 Å². The van der Waals surface area contributed by atoms with E-state index in [1.54, 1.807) is 18.3 Å². The normalized spacial score (nSPS) is 25.6. The number of allylic oxidation sites excluding steroid dienone is 1. The Labute approximate surface area is 154 Å². The van der Waals surface area contributed by atoms with Crippen LogP contribution in [0.15, 0.2) is 45.3 Å². The van der Waals surface area contributed by atoms with Gasteiger partial charge in [0, 0.05) is 11.5 Å². The van der Waals surface area contributed by atoms with Gasteiger partial charge in [-0.2, -0.15) is 0 Å². The maximum atomic E-state index is 12.3. The Morgan fingerprint density at radius 1 is 1.11 bits per heavy atom. The van der Waals surface area contributed by atoms with Crippen LogP contribution >= 0.6 is 0 Å². The zero-order valence-corrected chi connectivity index (χ0v) is 14.8. The minimum atomic E-state index is -4.70. The topological polar surface area (TPSA) is 58.3 Å². The highest BCUT2D eigenvalue weighted by molar-refractivity contribution is 6.68. The van der Waals surface area contributed by atoms with Crippen LogP contribution in [-0.4, -0.2) is 42.8 Å². The van der Waals surface area contributed by atoms with E-state index in [2.05, 4.69) is 20.0 Å². The number of rotatable bonds is 3. The molecule has 4 rings (SSSR count). The molecule has 142 valence electrons. The molecule has 0 saturated carbocycles. The largest absolute Gasteiger partial charge is 0.573 e. The lowest BCUT2D eigenvalue weighted by Crippen LogP contribution is -2.42. The van der Waals surface area contributed by atoms with Gasteiger partial charge in [-0.05, 0) is 63.2 Å².